The van der Waals surface area contributed by atoms with Gasteiger partial charge in [-0.2, -0.15) is 0 Å². The van der Waals surface area contributed by atoms with E-state index in [1.54, 1.807) is 22.3 Å². The summed E-state index contributed by atoms with van der Waals surface area (Å²) in [5.74, 6) is 0. The summed E-state index contributed by atoms with van der Waals surface area (Å²) in [6.45, 7) is 7.45. The van der Waals surface area contributed by atoms with Crippen LogP contribution < -0.4 is 0 Å². The molecule has 0 saturated carbocycles. The molecule has 2 aromatic rings. The highest BCUT2D eigenvalue weighted by Crippen LogP contribution is 2.51. The molecule has 0 spiro atoms. The lowest BCUT2D eigenvalue weighted by molar-refractivity contribution is 0.419. The third kappa shape index (κ3) is 4.37. The van der Waals surface area contributed by atoms with E-state index in [0.29, 0.717) is 11.1 Å². The summed E-state index contributed by atoms with van der Waals surface area (Å²) in [4.78, 5) is 4.60. The van der Waals surface area contributed by atoms with E-state index in [-0.39, 0.29) is 0 Å². The molecule has 0 N–H and O–H groups in total. The van der Waals surface area contributed by atoms with Gasteiger partial charge in [-0.15, -0.1) is 0 Å². The van der Waals surface area contributed by atoms with Gasteiger partial charge in [0, 0.05) is 13.1 Å². The molecule has 0 heterocycles. The van der Waals surface area contributed by atoms with Crippen LogP contribution in [0.3, 0.4) is 0 Å². The Morgan fingerprint density at radius 3 is 1.42 bits per heavy atom. The fourth-order valence-corrected chi connectivity index (χ4v) is 9.19. The number of nitrogens with zero attached hydrogens (tertiary/aromatic N) is 2. The van der Waals surface area contributed by atoms with Crippen molar-refractivity contribution in [2.75, 3.05) is 41.3 Å². The summed E-state index contributed by atoms with van der Waals surface area (Å²) in [5, 5.41) is 0. The van der Waals surface area contributed by atoms with Crippen LogP contribution in [0.15, 0.2) is 60.7 Å². The highest BCUT2D eigenvalue weighted by atomic mass is 28.3. The Kier molecular flexibility index (Phi) is 6.39. The van der Waals surface area contributed by atoms with Crippen LogP contribution in [-0.4, -0.2) is 59.2 Å². The van der Waals surface area contributed by atoms with E-state index in [1.165, 1.54) is 11.1 Å². The molecule has 2 aromatic carbocycles. The van der Waals surface area contributed by atoms with E-state index in [1.807, 2.05) is 0 Å². The van der Waals surface area contributed by atoms with Crippen molar-refractivity contribution in [1.29, 1.82) is 0 Å². The normalized spacial score (nSPS) is 20.1. The molecule has 31 heavy (non-hydrogen) atoms. The van der Waals surface area contributed by atoms with E-state index in [9.17, 15) is 0 Å². The molecule has 2 aliphatic carbocycles. The minimum absolute atomic E-state index is 0.573. The Labute approximate surface area is 190 Å². The van der Waals surface area contributed by atoms with Gasteiger partial charge in [0.15, 0.2) is 0 Å². The molecule has 2 atom stereocenters. The molecule has 164 valence electrons. The first kappa shape index (κ1) is 22.3. The third-order valence-corrected chi connectivity index (χ3v) is 11.4. The van der Waals surface area contributed by atoms with Gasteiger partial charge in [-0.1, -0.05) is 73.8 Å². The summed E-state index contributed by atoms with van der Waals surface area (Å²) < 4.78 is 0. The van der Waals surface area contributed by atoms with E-state index < -0.39 is 8.07 Å². The molecular weight excluding hydrogens is 392 g/mol. The molecule has 0 radical (unpaired) electrons. The molecule has 0 bridgehead atoms. The van der Waals surface area contributed by atoms with Gasteiger partial charge in [0.05, 0.1) is 8.07 Å². The van der Waals surface area contributed by atoms with Crippen LogP contribution in [0.4, 0.5) is 0 Å². The molecule has 0 amide bonds. The van der Waals surface area contributed by atoms with Gasteiger partial charge in [-0.05, 0) is 85.5 Å². The number of allylic oxidation sites excluding steroid dienone is 2. The van der Waals surface area contributed by atoms with Crippen LogP contribution in [-0.2, 0) is 0 Å². The highest BCUT2D eigenvalue weighted by Gasteiger charge is 2.44. The Morgan fingerprint density at radius 2 is 1.03 bits per heavy atom. The lowest BCUT2D eigenvalue weighted by Crippen LogP contribution is -2.39. The van der Waals surface area contributed by atoms with Gasteiger partial charge in [-0.25, -0.2) is 0 Å². The molecule has 3 heteroatoms. The number of hydrogen-bond donors (Lipinski definition) is 0. The minimum atomic E-state index is -1.72. The Morgan fingerprint density at radius 1 is 0.645 bits per heavy atom. The van der Waals surface area contributed by atoms with Crippen LogP contribution in [0.5, 0.6) is 0 Å². The minimum Gasteiger partial charge on any atom is -0.309 e. The molecule has 2 nitrogen and oxygen atoms in total. The molecule has 0 saturated heterocycles. The van der Waals surface area contributed by atoms with Crippen molar-refractivity contribution in [3.63, 3.8) is 0 Å². The Balaban J connectivity index is 1.70. The second-order valence-electron chi connectivity index (χ2n) is 10.4. The zero-order valence-electron chi connectivity index (χ0n) is 20.2. The largest absolute Gasteiger partial charge is 0.309 e. The number of fused-ring (bicyclic) bond motifs is 2. The second kappa shape index (κ2) is 8.89. The van der Waals surface area contributed by atoms with Crippen LogP contribution in [0.2, 0.25) is 13.1 Å². The number of rotatable bonds is 8. The van der Waals surface area contributed by atoms with E-state index in [4.69, 9.17) is 0 Å². The van der Waals surface area contributed by atoms with E-state index >= 15 is 0 Å². The highest BCUT2D eigenvalue weighted by molar-refractivity contribution is 6.81. The molecule has 0 unspecified atom stereocenters. The van der Waals surface area contributed by atoms with Gasteiger partial charge in [-0.3, -0.25) is 0 Å². The predicted octanol–water partition coefficient (Wildman–Crippen LogP) is 6.04. The van der Waals surface area contributed by atoms with Gasteiger partial charge in [0.1, 0.15) is 0 Å². The number of hydrogen-bond acceptors (Lipinski definition) is 2. The van der Waals surface area contributed by atoms with E-state index in [2.05, 4.69) is 112 Å². The maximum atomic E-state index is 2.65. The predicted molar refractivity (Wildman–Crippen MR) is 138 cm³/mol. The summed E-state index contributed by atoms with van der Waals surface area (Å²) in [5.41, 5.74) is 10.4. The molecule has 0 fully saturated rings. The zero-order chi connectivity index (χ0) is 22.2. The smallest absolute Gasteiger partial charge is 0.0715 e. The zero-order valence-corrected chi connectivity index (χ0v) is 21.2. The van der Waals surface area contributed by atoms with Crippen molar-refractivity contribution in [1.82, 2.24) is 9.80 Å². The molecule has 4 rings (SSSR count). The molecule has 0 aromatic heterocycles. The quantitative estimate of drug-likeness (QED) is 0.471. The van der Waals surface area contributed by atoms with Crippen molar-refractivity contribution in [3.8, 4) is 0 Å². The van der Waals surface area contributed by atoms with Crippen LogP contribution >= 0.6 is 0 Å². The lowest BCUT2D eigenvalue weighted by Gasteiger charge is -2.35. The summed E-state index contributed by atoms with van der Waals surface area (Å²) in [6, 6.07) is 18.4. The van der Waals surface area contributed by atoms with Crippen LogP contribution in [0, 0.1) is 0 Å². The van der Waals surface area contributed by atoms with Crippen molar-refractivity contribution >= 4 is 19.2 Å². The Hall–Kier alpha value is -1.94. The monoisotopic (exact) mass is 430 g/mol. The Bertz CT molecular complexity index is 920. The first-order chi connectivity index (χ1) is 14.8. The average molecular weight is 431 g/mol. The van der Waals surface area contributed by atoms with Gasteiger partial charge in [0.25, 0.3) is 0 Å². The number of benzene rings is 2. The summed E-state index contributed by atoms with van der Waals surface area (Å²) in [7, 11) is 6.98. The maximum absolute atomic E-state index is 2.65. The van der Waals surface area contributed by atoms with Gasteiger partial charge in [0.2, 0.25) is 0 Å². The summed E-state index contributed by atoms with van der Waals surface area (Å²) in [6.07, 6.45) is 7.57. The van der Waals surface area contributed by atoms with Crippen LogP contribution in [0.25, 0.3) is 11.1 Å². The maximum Gasteiger partial charge on any atom is 0.0715 e. The molecule has 2 aliphatic rings. The second-order valence-corrected chi connectivity index (χ2v) is 15.3. The van der Waals surface area contributed by atoms with Gasteiger partial charge >= 0.3 is 0 Å². The van der Waals surface area contributed by atoms with Crippen molar-refractivity contribution in [2.24, 2.45) is 0 Å². The van der Waals surface area contributed by atoms with Crippen molar-refractivity contribution in [3.05, 3.63) is 82.9 Å². The fourth-order valence-electron chi connectivity index (χ4n) is 5.43. The fraction of sp³-hybridized carbons (Fsp3) is 0.429. The van der Waals surface area contributed by atoms with Gasteiger partial charge < -0.3 is 9.80 Å². The van der Waals surface area contributed by atoms with Crippen molar-refractivity contribution < 1.29 is 0 Å². The standard InChI is InChI=1S/C28H38N2Si/c1-29(2)17-15-21-19-27(25-13-9-7-11-23(21)25)31(5,6)28-20-22(16-18-30(3)4)24-12-8-10-14-26(24)28/h7-14,19-20,27-28H,15-18H2,1-6H3/t27-,28-/m0/s1. The average Bonchev–Trinajstić information content (AvgIpc) is 3.30. The van der Waals surface area contributed by atoms with E-state index in [0.717, 1.165) is 25.9 Å². The van der Waals surface area contributed by atoms with Crippen molar-refractivity contribution in [2.45, 2.75) is 37.0 Å². The lowest BCUT2D eigenvalue weighted by atomic mass is 10.0. The molecular formula is C28H38N2Si. The first-order valence-corrected chi connectivity index (χ1v) is 14.8. The SMILES string of the molecule is CN(C)CCC1=C[C@H]([Si](C)(C)[C@H]2C=C(CCN(C)C)c3ccccc32)c2ccccc21. The summed E-state index contributed by atoms with van der Waals surface area (Å²) >= 11 is 0. The topological polar surface area (TPSA) is 6.48 Å². The van der Waals surface area contributed by atoms with Crippen LogP contribution in [0.1, 0.15) is 46.2 Å². The third-order valence-electron chi connectivity index (χ3n) is 7.28. The first-order valence-electron chi connectivity index (χ1n) is 11.7. The molecule has 0 aliphatic heterocycles.